The van der Waals surface area contributed by atoms with E-state index in [-0.39, 0.29) is 12.1 Å². The summed E-state index contributed by atoms with van der Waals surface area (Å²) in [4.78, 5) is 0. The topological polar surface area (TPSA) is 39.1 Å². The molecule has 0 radical (unpaired) electrons. The van der Waals surface area contributed by atoms with Gasteiger partial charge in [0.15, 0.2) is 0 Å². The summed E-state index contributed by atoms with van der Waals surface area (Å²) < 4.78 is 8.75. The fourth-order valence-corrected chi connectivity index (χ4v) is 2.85. The van der Waals surface area contributed by atoms with E-state index in [0.717, 1.165) is 30.5 Å². The molecule has 1 N–H and O–H groups in total. The van der Waals surface area contributed by atoms with Gasteiger partial charge in [-0.3, -0.25) is 4.68 Å². The van der Waals surface area contributed by atoms with E-state index in [0.29, 0.717) is 0 Å². The second kappa shape index (κ2) is 5.29. The molecule has 2 unspecified atom stereocenters. The second-order valence-electron chi connectivity index (χ2n) is 4.09. The molecule has 1 saturated heterocycles. The third-order valence-electron chi connectivity index (χ3n) is 2.99. The van der Waals surface area contributed by atoms with Crippen LogP contribution in [0.2, 0.25) is 0 Å². The van der Waals surface area contributed by atoms with Crippen LogP contribution in [-0.2, 0) is 11.8 Å². The van der Waals surface area contributed by atoms with Gasteiger partial charge in [-0.1, -0.05) is 6.92 Å². The summed E-state index contributed by atoms with van der Waals surface area (Å²) in [7, 11) is 1.97. The van der Waals surface area contributed by atoms with Crippen LogP contribution in [0.5, 0.6) is 0 Å². The lowest BCUT2D eigenvalue weighted by molar-refractivity contribution is 0.0761. The fourth-order valence-electron chi connectivity index (χ4n) is 2.26. The van der Waals surface area contributed by atoms with Gasteiger partial charge in [-0.2, -0.15) is 5.10 Å². The van der Waals surface area contributed by atoms with Crippen LogP contribution in [0.3, 0.4) is 0 Å². The molecule has 16 heavy (non-hydrogen) atoms. The number of hydrogen-bond acceptors (Lipinski definition) is 3. The third kappa shape index (κ3) is 2.31. The minimum absolute atomic E-state index is 0.231. The van der Waals surface area contributed by atoms with Gasteiger partial charge in [0.2, 0.25) is 0 Å². The largest absolute Gasteiger partial charge is 0.376 e. The molecule has 4 nitrogen and oxygen atoms in total. The van der Waals surface area contributed by atoms with Crippen molar-refractivity contribution in [2.24, 2.45) is 7.05 Å². The molecular formula is C11H18BrN3O. The van der Waals surface area contributed by atoms with E-state index in [2.05, 4.69) is 33.3 Å². The van der Waals surface area contributed by atoms with Gasteiger partial charge in [0.05, 0.1) is 28.5 Å². The molecule has 5 heteroatoms. The highest BCUT2D eigenvalue weighted by Crippen LogP contribution is 2.30. The summed E-state index contributed by atoms with van der Waals surface area (Å²) in [6.45, 7) is 3.93. The van der Waals surface area contributed by atoms with Crippen molar-refractivity contribution in [3.63, 3.8) is 0 Å². The third-order valence-corrected chi connectivity index (χ3v) is 3.60. The average Bonchev–Trinajstić information content (AvgIpc) is 2.87. The Morgan fingerprint density at radius 1 is 1.75 bits per heavy atom. The predicted molar refractivity (Wildman–Crippen MR) is 66.3 cm³/mol. The van der Waals surface area contributed by atoms with Gasteiger partial charge in [0, 0.05) is 13.7 Å². The molecule has 90 valence electrons. The Kier molecular flexibility index (Phi) is 4.00. The van der Waals surface area contributed by atoms with Crippen LogP contribution in [0.15, 0.2) is 10.7 Å². The predicted octanol–water partition coefficient (Wildman–Crippen LogP) is 2.01. The van der Waals surface area contributed by atoms with Crippen LogP contribution >= 0.6 is 15.9 Å². The van der Waals surface area contributed by atoms with Crippen molar-refractivity contribution in [1.29, 1.82) is 0 Å². The van der Waals surface area contributed by atoms with Gasteiger partial charge >= 0.3 is 0 Å². The smallest absolute Gasteiger partial charge is 0.0786 e. The number of nitrogens with one attached hydrogen (secondary N) is 1. The van der Waals surface area contributed by atoms with Crippen LogP contribution in [0.25, 0.3) is 0 Å². The first-order valence-corrected chi connectivity index (χ1v) is 6.55. The number of likely N-dealkylation sites (N-methyl/N-ethyl adjacent to an activating group) is 1. The van der Waals surface area contributed by atoms with Crippen molar-refractivity contribution < 1.29 is 4.74 Å². The fraction of sp³-hybridized carbons (Fsp3) is 0.727. The number of aromatic nitrogens is 2. The summed E-state index contributed by atoms with van der Waals surface area (Å²) in [5, 5.41) is 7.76. The second-order valence-corrected chi connectivity index (χ2v) is 4.94. The van der Waals surface area contributed by atoms with Crippen LogP contribution < -0.4 is 5.32 Å². The zero-order valence-electron chi connectivity index (χ0n) is 9.74. The highest BCUT2D eigenvalue weighted by molar-refractivity contribution is 9.10. The van der Waals surface area contributed by atoms with E-state index >= 15 is 0 Å². The Labute approximate surface area is 104 Å². The molecule has 2 atom stereocenters. The Bertz CT molecular complexity index is 327. The lowest BCUT2D eigenvalue weighted by Gasteiger charge is -2.24. The van der Waals surface area contributed by atoms with Crippen LogP contribution in [0, 0.1) is 0 Å². The zero-order chi connectivity index (χ0) is 11.5. The van der Waals surface area contributed by atoms with Gasteiger partial charge in [-0.15, -0.1) is 0 Å². The van der Waals surface area contributed by atoms with Crippen LogP contribution in [-0.4, -0.2) is 29.0 Å². The Balaban J connectivity index is 2.24. The molecule has 1 fully saturated rings. The Morgan fingerprint density at radius 3 is 3.06 bits per heavy atom. The molecular weight excluding hydrogens is 270 g/mol. The molecule has 1 aromatic rings. The SMILES string of the molecule is CCNC(c1c(Br)cnn1C)C1CCCO1. The summed E-state index contributed by atoms with van der Waals surface area (Å²) in [6.07, 6.45) is 4.39. The standard InChI is InChI=1S/C11H18BrN3O/c1-3-13-10(9-5-4-6-16-9)11-8(12)7-14-15(11)2/h7,9-10,13H,3-6H2,1-2H3. The van der Waals surface area contributed by atoms with Crippen molar-refractivity contribution in [3.8, 4) is 0 Å². The minimum atomic E-state index is 0.231. The quantitative estimate of drug-likeness (QED) is 0.921. The van der Waals surface area contributed by atoms with Crippen LogP contribution in [0.4, 0.5) is 0 Å². The summed E-state index contributed by atoms with van der Waals surface area (Å²) in [5.74, 6) is 0. The summed E-state index contributed by atoms with van der Waals surface area (Å²) in [5.41, 5.74) is 1.17. The zero-order valence-corrected chi connectivity index (χ0v) is 11.3. The van der Waals surface area contributed by atoms with Gasteiger partial charge in [0.25, 0.3) is 0 Å². The molecule has 0 bridgehead atoms. The van der Waals surface area contributed by atoms with Crippen molar-refractivity contribution in [2.75, 3.05) is 13.2 Å². The lowest BCUT2D eigenvalue weighted by atomic mass is 10.0. The normalized spacial score (nSPS) is 22.6. The molecule has 2 rings (SSSR count). The molecule has 1 aromatic heterocycles. The van der Waals surface area contributed by atoms with Crippen molar-refractivity contribution in [2.45, 2.75) is 31.9 Å². The first-order valence-electron chi connectivity index (χ1n) is 5.76. The van der Waals surface area contributed by atoms with E-state index < -0.39 is 0 Å². The molecule has 2 heterocycles. The maximum absolute atomic E-state index is 5.78. The van der Waals surface area contributed by atoms with Gasteiger partial charge in [-0.05, 0) is 35.3 Å². The van der Waals surface area contributed by atoms with E-state index in [9.17, 15) is 0 Å². The average molecular weight is 288 g/mol. The van der Waals surface area contributed by atoms with Crippen LogP contribution in [0.1, 0.15) is 31.5 Å². The number of halogens is 1. The Morgan fingerprint density at radius 2 is 2.56 bits per heavy atom. The lowest BCUT2D eigenvalue weighted by Crippen LogP contribution is -2.33. The van der Waals surface area contributed by atoms with Gasteiger partial charge < -0.3 is 10.1 Å². The molecule has 1 aliphatic heterocycles. The van der Waals surface area contributed by atoms with E-state index in [1.807, 2.05) is 17.9 Å². The van der Waals surface area contributed by atoms with Crippen molar-refractivity contribution >= 4 is 15.9 Å². The molecule has 0 saturated carbocycles. The number of ether oxygens (including phenoxy) is 1. The van der Waals surface area contributed by atoms with Gasteiger partial charge in [-0.25, -0.2) is 0 Å². The maximum atomic E-state index is 5.78. The minimum Gasteiger partial charge on any atom is -0.376 e. The molecule has 0 aromatic carbocycles. The molecule has 0 amide bonds. The Hall–Kier alpha value is -0.390. The monoisotopic (exact) mass is 287 g/mol. The molecule has 0 aliphatic carbocycles. The number of hydrogen-bond donors (Lipinski definition) is 1. The van der Waals surface area contributed by atoms with Gasteiger partial charge in [0.1, 0.15) is 0 Å². The highest BCUT2D eigenvalue weighted by Gasteiger charge is 2.30. The first-order chi connectivity index (χ1) is 7.74. The van der Waals surface area contributed by atoms with Crippen molar-refractivity contribution in [3.05, 3.63) is 16.4 Å². The van der Waals surface area contributed by atoms with E-state index in [4.69, 9.17) is 4.74 Å². The number of nitrogens with zero attached hydrogens (tertiary/aromatic N) is 2. The number of rotatable bonds is 4. The summed E-state index contributed by atoms with van der Waals surface area (Å²) in [6, 6.07) is 0.231. The highest BCUT2D eigenvalue weighted by atomic mass is 79.9. The number of aryl methyl sites for hydroxylation is 1. The maximum Gasteiger partial charge on any atom is 0.0786 e. The van der Waals surface area contributed by atoms with E-state index in [1.165, 1.54) is 5.69 Å². The first kappa shape index (κ1) is 12.1. The summed E-state index contributed by atoms with van der Waals surface area (Å²) >= 11 is 3.56. The molecule has 1 aliphatic rings. The van der Waals surface area contributed by atoms with Crippen molar-refractivity contribution in [1.82, 2.24) is 15.1 Å². The molecule has 0 spiro atoms. The van der Waals surface area contributed by atoms with E-state index in [1.54, 1.807) is 0 Å².